The number of hydrogen-bond acceptors (Lipinski definition) is 4. The quantitative estimate of drug-likeness (QED) is 0.776. The van der Waals surface area contributed by atoms with Crippen molar-refractivity contribution in [1.29, 1.82) is 0 Å². The molecule has 0 atom stereocenters. The van der Waals surface area contributed by atoms with E-state index in [9.17, 15) is 0 Å². The fourth-order valence-electron chi connectivity index (χ4n) is 1.24. The average Bonchev–Trinajstić information content (AvgIpc) is 2.22. The van der Waals surface area contributed by atoms with Gasteiger partial charge >= 0.3 is 0 Å². The Balaban J connectivity index is 2.38. The van der Waals surface area contributed by atoms with Crippen molar-refractivity contribution in [1.82, 2.24) is 9.97 Å². The van der Waals surface area contributed by atoms with E-state index in [0.29, 0.717) is 11.0 Å². The summed E-state index contributed by atoms with van der Waals surface area (Å²) in [5.41, 5.74) is 6.37. The van der Waals surface area contributed by atoms with Crippen LogP contribution in [-0.4, -0.2) is 9.97 Å². The van der Waals surface area contributed by atoms with Gasteiger partial charge in [-0.15, -0.1) is 0 Å². The van der Waals surface area contributed by atoms with E-state index in [-0.39, 0.29) is 5.95 Å². The van der Waals surface area contributed by atoms with E-state index in [2.05, 4.69) is 47.1 Å². The van der Waals surface area contributed by atoms with E-state index in [4.69, 9.17) is 17.3 Å². The zero-order valence-electron chi connectivity index (χ0n) is 8.42. The Morgan fingerprint density at radius 2 is 1.82 bits per heavy atom. The average molecular weight is 378 g/mol. The van der Waals surface area contributed by atoms with E-state index >= 15 is 0 Å². The summed E-state index contributed by atoms with van der Waals surface area (Å²) in [5.74, 6) is 0.665. The molecule has 3 N–H and O–H groups in total. The van der Waals surface area contributed by atoms with Crippen LogP contribution in [0.1, 0.15) is 0 Å². The van der Waals surface area contributed by atoms with Gasteiger partial charge in [-0.2, -0.15) is 4.98 Å². The fraction of sp³-hybridized carbons (Fsp3) is 0. The Hall–Kier alpha value is -0.850. The van der Waals surface area contributed by atoms with Crippen molar-refractivity contribution in [3.05, 3.63) is 38.4 Å². The van der Waals surface area contributed by atoms with Gasteiger partial charge in [0.2, 0.25) is 5.95 Å². The predicted octanol–water partition coefficient (Wildman–Crippen LogP) is 3.98. The van der Waals surface area contributed by atoms with Crippen molar-refractivity contribution in [3.63, 3.8) is 0 Å². The Bertz CT molecular complexity index is 521. The lowest BCUT2D eigenvalue weighted by molar-refractivity contribution is 1.18. The molecule has 0 fully saturated rings. The number of nitrogens with two attached hydrogens (primary N) is 1. The van der Waals surface area contributed by atoms with Crippen LogP contribution in [0.15, 0.2) is 33.2 Å². The maximum Gasteiger partial charge on any atom is 0.223 e. The topological polar surface area (TPSA) is 63.8 Å². The van der Waals surface area contributed by atoms with E-state index in [0.717, 1.165) is 14.6 Å². The molecule has 17 heavy (non-hydrogen) atoms. The SMILES string of the molecule is Nc1nc(Cl)cc(Nc2c(Br)cccc2Br)n1. The van der Waals surface area contributed by atoms with Gasteiger partial charge in [0.15, 0.2) is 0 Å². The van der Waals surface area contributed by atoms with Crippen LogP contribution in [0.4, 0.5) is 17.5 Å². The first-order valence-electron chi connectivity index (χ1n) is 4.57. The van der Waals surface area contributed by atoms with Crippen LogP contribution in [0.2, 0.25) is 5.15 Å². The molecule has 4 nitrogen and oxygen atoms in total. The summed E-state index contributed by atoms with van der Waals surface area (Å²) >= 11 is 12.7. The molecule has 1 heterocycles. The van der Waals surface area contributed by atoms with Crippen molar-refractivity contribution >= 4 is 60.9 Å². The smallest absolute Gasteiger partial charge is 0.223 e. The Morgan fingerprint density at radius 1 is 1.18 bits per heavy atom. The highest BCUT2D eigenvalue weighted by molar-refractivity contribution is 9.11. The zero-order valence-corrected chi connectivity index (χ0v) is 12.3. The number of nitrogen functional groups attached to an aromatic ring is 1. The molecule has 2 aromatic rings. The number of halogens is 3. The molecule has 0 radical (unpaired) electrons. The normalized spacial score (nSPS) is 10.3. The molecule has 0 spiro atoms. The third kappa shape index (κ3) is 3.08. The molecule has 2 rings (SSSR count). The number of aromatic nitrogens is 2. The van der Waals surface area contributed by atoms with Crippen molar-refractivity contribution in [2.45, 2.75) is 0 Å². The van der Waals surface area contributed by atoms with Crippen LogP contribution in [0, 0.1) is 0 Å². The number of hydrogen-bond donors (Lipinski definition) is 2. The summed E-state index contributed by atoms with van der Waals surface area (Å²) in [4.78, 5) is 7.83. The molecule has 0 aliphatic heterocycles. The maximum atomic E-state index is 5.80. The summed E-state index contributed by atoms with van der Waals surface area (Å²) in [5, 5.41) is 3.41. The second-order valence-electron chi connectivity index (χ2n) is 3.16. The fourth-order valence-corrected chi connectivity index (χ4v) is 2.63. The second kappa shape index (κ2) is 5.20. The molecule has 88 valence electrons. The highest BCUT2D eigenvalue weighted by Crippen LogP contribution is 2.32. The molecule has 0 unspecified atom stereocenters. The second-order valence-corrected chi connectivity index (χ2v) is 5.25. The lowest BCUT2D eigenvalue weighted by atomic mass is 10.3. The summed E-state index contributed by atoms with van der Waals surface area (Å²) in [6.07, 6.45) is 0. The van der Waals surface area contributed by atoms with E-state index < -0.39 is 0 Å². The standard InChI is InChI=1S/C10H7Br2ClN4/c11-5-2-1-3-6(12)9(5)16-8-4-7(13)15-10(14)17-8/h1-4H,(H3,14,15,16,17). The van der Waals surface area contributed by atoms with Crippen molar-refractivity contribution in [2.24, 2.45) is 0 Å². The number of rotatable bonds is 2. The minimum Gasteiger partial charge on any atom is -0.368 e. The van der Waals surface area contributed by atoms with Gasteiger partial charge in [0.25, 0.3) is 0 Å². The molecule has 0 aliphatic rings. The molecule has 0 saturated carbocycles. The number of nitrogens with zero attached hydrogens (tertiary/aromatic N) is 2. The van der Waals surface area contributed by atoms with Crippen LogP contribution < -0.4 is 11.1 Å². The van der Waals surface area contributed by atoms with Gasteiger partial charge in [-0.25, -0.2) is 4.98 Å². The first kappa shape index (κ1) is 12.6. The van der Waals surface area contributed by atoms with Gasteiger partial charge in [-0.1, -0.05) is 17.7 Å². The third-order valence-corrected chi connectivity index (χ3v) is 3.44. The van der Waals surface area contributed by atoms with E-state index in [1.54, 1.807) is 6.07 Å². The largest absolute Gasteiger partial charge is 0.368 e. The van der Waals surface area contributed by atoms with E-state index in [1.165, 1.54) is 0 Å². The molecule has 1 aromatic carbocycles. The monoisotopic (exact) mass is 376 g/mol. The molecular formula is C10H7Br2ClN4. The lowest BCUT2D eigenvalue weighted by Gasteiger charge is -2.10. The predicted molar refractivity (Wildman–Crippen MR) is 76.6 cm³/mol. The Morgan fingerprint density at radius 3 is 2.41 bits per heavy atom. The van der Waals surface area contributed by atoms with Crippen LogP contribution in [0.25, 0.3) is 0 Å². The summed E-state index contributed by atoms with van der Waals surface area (Å²) in [7, 11) is 0. The Labute approximate surface area is 120 Å². The first-order chi connectivity index (χ1) is 8.06. The molecule has 0 bridgehead atoms. The van der Waals surface area contributed by atoms with Gasteiger partial charge in [0.1, 0.15) is 11.0 Å². The number of nitrogens with one attached hydrogen (secondary N) is 1. The molecule has 1 aromatic heterocycles. The van der Waals surface area contributed by atoms with Crippen molar-refractivity contribution in [2.75, 3.05) is 11.1 Å². The minimum atomic E-state index is 0.128. The number of benzene rings is 1. The number of para-hydroxylation sites is 1. The number of anilines is 3. The first-order valence-corrected chi connectivity index (χ1v) is 6.54. The van der Waals surface area contributed by atoms with Gasteiger partial charge in [-0.05, 0) is 44.0 Å². The third-order valence-electron chi connectivity index (χ3n) is 1.93. The molecule has 0 saturated heterocycles. The lowest BCUT2D eigenvalue weighted by Crippen LogP contribution is -2.00. The minimum absolute atomic E-state index is 0.128. The van der Waals surface area contributed by atoms with Gasteiger partial charge in [0, 0.05) is 15.0 Å². The van der Waals surface area contributed by atoms with Crippen LogP contribution in [0.3, 0.4) is 0 Å². The molecule has 7 heteroatoms. The summed E-state index contributed by atoms with van der Waals surface area (Å²) < 4.78 is 1.81. The summed E-state index contributed by atoms with van der Waals surface area (Å²) in [6.45, 7) is 0. The Kier molecular flexibility index (Phi) is 3.86. The zero-order chi connectivity index (χ0) is 12.4. The molecule has 0 amide bonds. The molecular weight excluding hydrogens is 371 g/mol. The van der Waals surface area contributed by atoms with Gasteiger partial charge in [-0.3, -0.25) is 0 Å². The van der Waals surface area contributed by atoms with Crippen LogP contribution in [-0.2, 0) is 0 Å². The van der Waals surface area contributed by atoms with Crippen molar-refractivity contribution < 1.29 is 0 Å². The highest BCUT2D eigenvalue weighted by Gasteiger charge is 2.07. The summed E-state index contributed by atoms with van der Waals surface area (Å²) in [6, 6.07) is 7.35. The van der Waals surface area contributed by atoms with Gasteiger partial charge < -0.3 is 11.1 Å². The van der Waals surface area contributed by atoms with Crippen LogP contribution in [0.5, 0.6) is 0 Å². The van der Waals surface area contributed by atoms with Crippen LogP contribution >= 0.6 is 43.5 Å². The van der Waals surface area contributed by atoms with E-state index in [1.807, 2.05) is 18.2 Å². The van der Waals surface area contributed by atoms with Crippen molar-refractivity contribution in [3.8, 4) is 0 Å². The molecule has 0 aliphatic carbocycles. The highest BCUT2D eigenvalue weighted by atomic mass is 79.9. The maximum absolute atomic E-state index is 5.80. The van der Waals surface area contributed by atoms with Gasteiger partial charge in [0.05, 0.1) is 5.69 Å².